The number of nitriles is 1. The molecule has 1 atom stereocenters. The first-order valence-electron chi connectivity index (χ1n) is 11.4. The molecule has 7 heteroatoms. The summed E-state index contributed by atoms with van der Waals surface area (Å²) in [6, 6.07) is 21.6. The third-order valence-corrected chi connectivity index (χ3v) is 5.47. The molecule has 2 N–H and O–H groups in total. The number of rotatable bonds is 8. The molecule has 1 unspecified atom stereocenters. The lowest BCUT2D eigenvalue weighted by Crippen LogP contribution is -2.21. The van der Waals surface area contributed by atoms with Crippen LogP contribution in [0.5, 0.6) is 23.0 Å². The van der Waals surface area contributed by atoms with Crippen molar-refractivity contribution in [1.29, 1.82) is 5.26 Å². The number of carbonyl (C=O) groups excluding carboxylic acids is 1. The topological polar surface area (TPSA) is 104 Å². The van der Waals surface area contributed by atoms with Crippen LogP contribution in [0.25, 0.3) is 0 Å². The second-order valence-electron chi connectivity index (χ2n) is 7.89. The smallest absolute Gasteiger partial charge is 0.343 e. The summed E-state index contributed by atoms with van der Waals surface area (Å²) in [5.74, 6) is 1.14. The fraction of sp³-hybridized carbons (Fsp3) is 0.214. The van der Waals surface area contributed by atoms with Gasteiger partial charge in [0, 0.05) is 11.6 Å². The van der Waals surface area contributed by atoms with Gasteiger partial charge in [0.25, 0.3) is 0 Å². The number of carbonyl (C=O) groups is 1. The summed E-state index contributed by atoms with van der Waals surface area (Å²) in [6.07, 6.45) is 0.868. The predicted molar refractivity (Wildman–Crippen MR) is 131 cm³/mol. The number of hydrogen-bond acceptors (Lipinski definition) is 7. The van der Waals surface area contributed by atoms with Crippen molar-refractivity contribution >= 4 is 5.97 Å². The maximum atomic E-state index is 12.7. The van der Waals surface area contributed by atoms with E-state index in [1.54, 1.807) is 42.5 Å². The Bertz CT molecular complexity index is 1290. The van der Waals surface area contributed by atoms with Crippen LogP contribution in [0.15, 0.2) is 78.2 Å². The normalized spacial score (nSPS) is 14.4. The Morgan fingerprint density at radius 3 is 2.49 bits per heavy atom. The van der Waals surface area contributed by atoms with E-state index in [0.29, 0.717) is 41.6 Å². The molecule has 0 radical (unpaired) electrons. The lowest BCUT2D eigenvalue weighted by atomic mass is 9.83. The molecule has 1 heterocycles. The molecule has 0 aliphatic carbocycles. The first kappa shape index (κ1) is 23.7. The van der Waals surface area contributed by atoms with Crippen LogP contribution >= 0.6 is 0 Å². The molecule has 4 rings (SSSR count). The van der Waals surface area contributed by atoms with E-state index < -0.39 is 11.9 Å². The highest BCUT2D eigenvalue weighted by molar-refractivity contribution is 5.91. The second kappa shape index (κ2) is 10.7. The van der Waals surface area contributed by atoms with Crippen molar-refractivity contribution < 1.29 is 23.7 Å². The molecule has 1 aliphatic rings. The van der Waals surface area contributed by atoms with E-state index in [-0.39, 0.29) is 5.88 Å². The van der Waals surface area contributed by atoms with Crippen molar-refractivity contribution in [2.45, 2.75) is 26.2 Å². The Hall–Kier alpha value is -4.44. The van der Waals surface area contributed by atoms with Gasteiger partial charge in [-0.2, -0.15) is 5.26 Å². The van der Waals surface area contributed by atoms with Gasteiger partial charge in [-0.15, -0.1) is 0 Å². The number of hydrogen-bond donors (Lipinski definition) is 1. The summed E-state index contributed by atoms with van der Waals surface area (Å²) in [7, 11) is 0. The largest absolute Gasteiger partial charge is 0.494 e. The molecule has 0 fully saturated rings. The van der Waals surface area contributed by atoms with Gasteiger partial charge in [-0.1, -0.05) is 31.2 Å². The van der Waals surface area contributed by atoms with Gasteiger partial charge in [0.1, 0.15) is 34.6 Å². The van der Waals surface area contributed by atoms with Crippen molar-refractivity contribution in [2.24, 2.45) is 5.73 Å². The van der Waals surface area contributed by atoms with Gasteiger partial charge in [-0.3, -0.25) is 0 Å². The van der Waals surface area contributed by atoms with Gasteiger partial charge >= 0.3 is 5.97 Å². The molecule has 0 saturated heterocycles. The minimum Gasteiger partial charge on any atom is -0.494 e. The molecule has 1 aliphatic heterocycles. The number of nitrogens with zero attached hydrogens (tertiary/aromatic N) is 1. The Morgan fingerprint density at radius 1 is 1.00 bits per heavy atom. The summed E-state index contributed by atoms with van der Waals surface area (Å²) in [5, 5.41) is 9.76. The van der Waals surface area contributed by atoms with Crippen LogP contribution in [0.1, 0.15) is 47.7 Å². The SMILES string of the molecule is CCCOc1cccc(C(=O)Oc2ccc3c(c2)OC(N)=C(C#N)C3c2ccc(OCC)cc2)c1. The number of esters is 1. The average molecular weight is 471 g/mol. The van der Waals surface area contributed by atoms with Gasteiger partial charge in [0.15, 0.2) is 0 Å². The predicted octanol–water partition coefficient (Wildman–Crippen LogP) is 5.31. The van der Waals surface area contributed by atoms with Crippen LogP contribution in [-0.2, 0) is 0 Å². The van der Waals surface area contributed by atoms with Gasteiger partial charge in [-0.05, 0) is 55.3 Å². The second-order valence-corrected chi connectivity index (χ2v) is 7.89. The van der Waals surface area contributed by atoms with E-state index in [9.17, 15) is 10.1 Å². The molecule has 7 nitrogen and oxygen atoms in total. The van der Waals surface area contributed by atoms with E-state index in [1.165, 1.54) is 0 Å². The Morgan fingerprint density at radius 2 is 1.77 bits per heavy atom. The number of fused-ring (bicyclic) bond motifs is 1. The first-order chi connectivity index (χ1) is 17.0. The highest BCUT2D eigenvalue weighted by Gasteiger charge is 2.31. The molecule has 0 spiro atoms. The van der Waals surface area contributed by atoms with Crippen molar-refractivity contribution in [2.75, 3.05) is 13.2 Å². The van der Waals surface area contributed by atoms with Gasteiger partial charge in [0.2, 0.25) is 5.88 Å². The Balaban J connectivity index is 1.60. The molecule has 3 aromatic carbocycles. The van der Waals surface area contributed by atoms with Crippen LogP contribution in [0.4, 0.5) is 0 Å². The average Bonchev–Trinajstić information content (AvgIpc) is 2.87. The molecule has 0 saturated carbocycles. The molecular formula is C28H26N2O5. The van der Waals surface area contributed by atoms with Crippen LogP contribution in [0, 0.1) is 11.3 Å². The maximum Gasteiger partial charge on any atom is 0.343 e. The molecule has 3 aromatic rings. The number of nitrogens with two attached hydrogens (primary N) is 1. The van der Waals surface area contributed by atoms with E-state index in [2.05, 4.69) is 6.07 Å². The van der Waals surface area contributed by atoms with E-state index >= 15 is 0 Å². The van der Waals surface area contributed by atoms with Gasteiger partial charge in [0.05, 0.1) is 24.7 Å². The highest BCUT2D eigenvalue weighted by atomic mass is 16.5. The summed E-state index contributed by atoms with van der Waals surface area (Å²) in [4.78, 5) is 12.7. The van der Waals surface area contributed by atoms with Crippen LogP contribution in [0.3, 0.4) is 0 Å². The maximum absolute atomic E-state index is 12.7. The van der Waals surface area contributed by atoms with Gasteiger partial charge < -0.3 is 24.7 Å². The summed E-state index contributed by atoms with van der Waals surface area (Å²) in [6.45, 7) is 5.06. The van der Waals surface area contributed by atoms with Crippen LogP contribution in [-0.4, -0.2) is 19.2 Å². The Labute approximate surface area is 204 Å². The lowest BCUT2D eigenvalue weighted by Gasteiger charge is -2.26. The van der Waals surface area contributed by atoms with Crippen LogP contribution < -0.4 is 24.7 Å². The van der Waals surface area contributed by atoms with E-state index in [1.807, 2.05) is 38.1 Å². The van der Waals surface area contributed by atoms with Crippen molar-refractivity contribution in [1.82, 2.24) is 0 Å². The monoisotopic (exact) mass is 470 g/mol. The number of allylic oxidation sites excluding steroid dienone is 1. The lowest BCUT2D eigenvalue weighted by molar-refractivity contribution is 0.0734. The number of ether oxygens (including phenoxy) is 4. The fourth-order valence-electron chi connectivity index (χ4n) is 3.86. The standard InChI is InChI=1S/C28H26N2O5/c1-3-14-33-21-7-5-6-19(15-21)28(31)34-22-12-13-23-25(16-22)35-27(30)24(17-29)26(23)18-8-10-20(11-9-18)32-4-2/h5-13,15-16,26H,3-4,14,30H2,1-2H3. The molecule has 0 amide bonds. The Kier molecular flexibility index (Phi) is 7.22. The summed E-state index contributed by atoms with van der Waals surface area (Å²) < 4.78 is 22.4. The minimum absolute atomic E-state index is 0.0168. The van der Waals surface area contributed by atoms with Crippen molar-refractivity contribution in [3.05, 3.63) is 94.9 Å². The zero-order valence-corrected chi connectivity index (χ0v) is 19.6. The molecule has 35 heavy (non-hydrogen) atoms. The minimum atomic E-state index is -0.521. The summed E-state index contributed by atoms with van der Waals surface area (Å²) in [5.41, 5.74) is 8.40. The number of benzene rings is 3. The first-order valence-corrected chi connectivity index (χ1v) is 11.4. The van der Waals surface area contributed by atoms with E-state index in [0.717, 1.165) is 23.3 Å². The fourth-order valence-corrected chi connectivity index (χ4v) is 3.86. The van der Waals surface area contributed by atoms with Gasteiger partial charge in [-0.25, -0.2) is 4.79 Å². The molecule has 0 bridgehead atoms. The zero-order valence-electron chi connectivity index (χ0n) is 19.6. The third-order valence-electron chi connectivity index (χ3n) is 5.47. The van der Waals surface area contributed by atoms with Crippen molar-refractivity contribution in [3.8, 4) is 29.1 Å². The molecular weight excluding hydrogens is 444 g/mol. The molecule has 0 aromatic heterocycles. The molecule has 178 valence electrons. The van der Waals surface area contributed by atoms with E-state index in [4.69, 9.17) is 24.7 Å². The summed E-state index contributed by atoms with van der Waals surface area (Å²) >= 11 is 0. The van der Waals surface area contributed by atoms with Crippen LogP contribution in [0.2, 0.25) is 0 Å². The third kappa shape index (κ3) is 5.22. The zero-order chi connectivity index (χ0) is 24.8. The quantitative estimate of drug-likeness (QED) is 0.351. The highest BCUT2D eigenvalue weighted by Crippen LogP contribution is 2.43. The van der Waals surface area contributed by atoms with Crippen molar-refractivity contribution in [3.63, 3.8) is 0 Å².